The summed E-state index contributed by atoms with van der Waals surface area (Å²) in [7, 11) is -3.60. The predicted molar refractivity (Wildman–Crippen MR) is 173 cm³/mol. The highest BCUT2D eigenvalue weighted by molar-refractivity contribution is 7.89. The summed E-state index contributed by atoms with van der Waals surface area (Å²) in [5.74, 6) is 1.65. The molecule has 8 heteroatoms. The van der Waals surface area contributed by atoms with Crippen LogP contribution in [0.1, 0.15) is 71.6 Å². The molecule has 1 atom stereocenters. The minimum Gasteiger partial charge on any atom is -0.399 e. The van der Waals surface area contributed by atoms with Crippen LogP contribution < -0.4 is 5.73 Å². The van der Waals surface area contributed by atoms with Crippen molar-refractivity contribution in [3.63, 3.8) is 0 Å². The van der Waals surface area contributed by atoms with Crippen LogP contribution in [0.2, 0.25) is 5.02 Å². The molecule has 1 aliphatic carbocycles. The van der Waals surface area contributed by atoms with Gasteiger partial charge in [-0.25, -0.2) is 13.4 Å². The molecule has 1 aliphatic heterocycles. The number of hydrogen-bond acceptors (Lipinski definition) is 4. The summed E-state index contributed by atoms with van der Waals surface area (Å²) in [5, 5.41) is 0.720. The van der Waals surface area contributed by atoms with Crippen molar-refractivity contribution in [3.05, 3.63) is 124 Å². The van der Waals surface area contributed by atoms with E-state index in [-0.39, 0.29) is 16.9 Å². The fraction of sp³-hybridized carbons (Fsp3) is 0.286. The predicted octanol–water partition coefficient (Wildman–Crippen LogP) is 7.66. The molecule has 2 fully saturated rings. The van der Waals surface area contributed by atoms with Gasteiger partial charge in [0.25, 0.3) is 0 Å². The van der Waals surface area contributed by atoms with E-state index in [9.17, 15) is 8.42 Å². The monoisotopic (exact) mass is 610 g/mol. The number of sulfonamides is 1. The van der Waals surface area contributed by atoms with E-state index in [4.69, 9.17) is 22.3 Å². The number of nitrogens with zero attached hydrogens (tertiary/aromatic N) is 3. The topological polar surface area (TPSA) is 81.2 Å². The number of nitrogen functional groups attached to an aromatic ring is 1. The summed E-state index contributed by atoms with van der Waals surface area (Å²) in [4.78, 5) is 5.40. The Labute approximate surface area is 258 Å². The molecule has 1 saturated carbocycles. The first-order chi connectivity index (χ1) is 20.8. The Bertz CT molecular complexity index is 1840. The van der Waals surface area contributed by atoms with E-state index >= 15 is 0 Å². The van der Waals surface area contributed by atoms with Crippen molar-refractivity contribution in [3.8, 4) is 0 Å². The Morgan fingerprint density at radius 3 is 2.14 bits per heavy atom. The highest BCUT2D eigenvalue weighted by Gasteiger charge is 2.35. The molecule has 43 heavy (non-hydrogen) atoms. The van der Waals surface area contributed by atoms with Gasteiger partial charge in [0.1, 0.15) is 5.82 Å². The Morgan fingerprint density at radius 2 is 1.49 bits per heavy atom. The molecule has 7 rings (SSSR count). The van der Waals surface area contributed by atoms with Gasteiger partial charge in [0.05, 0.1) is 15.9 Å². The van der Waals surface area contributed by atoms with Crippen LogP contribution in [0.25, 0.3) is 11.0 Å². The highest BCUT2D eigenvalue weighted by Crippen LogP contribution is 2.44. The molecule has 2 N–H and O–H groups in total. The smallest absolute Gasteiger partial charge is 0.243 e. The van der Waals surface area contributed by atoms with Crippen LogP contribution in [0.3, 0.4) is 0 Å². The summed E-state index contributed by atoms with van der Waals surface area (Å²) in [5.41, 5.74) is 13.3. The Morgan fingerprint density at radius 1 is 0.837 bits per heavy atom. The third-order valence-electron chi connectivity index (χ3n) is 8.92. The van der Waals surface area contributed by atoms with Gasteiger partial charge in [0, 0.05) is 41.7 Å². The van der Waals surface area contributed by atoms with E-state index in [2.05, 4.69) is 66.1 Å². The second-order valence-electron chi connectivity index (χ2n) is 12.0. The van der Waals surface area contributed by atoms with Gasteiger partial charge in [0.15, 0.2) is 0 Å². The minimum absolute atomic E-state index is 0.0419. The molecule has 1 aromatic heterocycles. The molecule has 0 radical (unpaired) electrons. The third kappa shape index (κ3) is 5.46. The number of aryl methyl sites for hydroxylation is 1. The van der Waals surface area contributed by atoms with Crippen LogP contribution in [-0.4, -0.2) is 35.4 Å². The Kier molecular flexibility index (Phi) is 7.28. The van der Waals surface area contributed by atoms with Crippen molar-refractivity contribution in [2.24, 2.45) is 0 Å². The number of rotatable bonds is 7. The standard InChI is InChI=1S/C35H35ClN4O2S/c1-23-5-7-24(8-6-23)34(25-11-14-28(36)15-12-25)27-13-16-32-33(21-27)40(35(38-32)26-9-10-26)30-17-19-39(20-18-30)43(41,42)31-4-2-3-29(37)22-31/h2-8,11-16,21-22,26,30,34H,9-10,17-20,37H2,1H3. The number of anilines is 1. The van der Waals surface area contributed by atoms with Gasteiger partial charge in [-0.3, -0.25) is 0 Å². The average molecular weight is 611 g/mol. The van der Waals surface area contributed by atoms with E-state index in [1.54, 1.807) is 28.6 Å². The van der Waals surface area contributed by atoms with Gasteiger partial charge in [-0.15, -0.1) is 0 Å². The number of halogens is 1. The molecular weight excluding hydrogens is 576 g/mol. The number of imidazole rings is 1. The first-order valence-corrected chi connectivity index (χ1v) is 16.8. The van der Waals surface area contributed by atoms with Gasteiger partial charge in [0.2, 0.25) is 10.0 Å². The van der Waals surface area contributed by atoms with E-state index in [0.29, 0.717) is 24.7 Å². The van der Waals surface area contributed by atoms with Crippen molar-refractivity contribution in [1.82, 2.24) is 13.9 Å². The van der Waals surface area contributed by atoms with Crippen molar-refractivity contribution in [2.75, 3.05) is 18.8 Å². The van der Waals surface area contributed by atoms with E-state index in [1.165, 1.54) is 22.3 Å². The molecule has 1 unspecified atom stereocenters. The fourth-order valence-electron chi connectivity index (χ4n) is 6.48. The minimum atomic E-state index is -3.60. The van der Waals surface area contributed by atoms with Gasteiger partial charge < -0.3 is 10.3 Å². The maximum atomic E-state index is 13.4. The van der Waals surface area contributed by atoms with Crippen LogP contribution >= 0.6 is 11.6 Å². The first-order valence-electron chi connectivity index (χ1n) is 15.0. The van der Waals surface area contributed by atoms with Crippen molar-refractivity contribution in [1.29, 1.82) is 0 Å². The second-order valence-corrected chi connectivity index (χ2v) is 14.3. The molecule has 220 valence electrons. The van der Waals surface area contributed by atoms with E-state index in [1.807, 2.05) is 12.1 Å². The number of benzene rings is 4. The van der Waals surface area contributed by atoms with Crippen LogP contribution in [0.15, 0.2) is 95.9 Å². The maximum Gasteiger partial charge on any atom is 0.243 e. The molecule has 4 aromatic carbocycles. The summed E-state index contributed by atoms with van der Waals surface area (Å²) in [6.45, 7) is 3.03. The lowest BCUT2D eigenvalue weighted by Crippen LogP contribution is -2.39. The Balaban J connectivity index is 1.25. The first kappa shape index (κ1) is 28.1. The lowest BCUT2D eigenvalue weighted by Gasteiger charge is -2.33. The molecule has 6 nitrogen and oxygen atoms in total. The number of fused-ring (bicyclic) bond motifs is 1. The van der Waals surface area contributed by atoms with E-state index in [0.717, 1.165) is 47.6 Å². The SMILES string of the molecule is Cc1ccc(C(c2ccc(Cl)cc2)c2ccc3nc(C4CC4)n(C4CCN(S(=O)(=O)c5cccc(N)c5)CC4)c3c2)cc1. The zero-order valence-electron chi connectivity index (χ0n) is 24.2. The lowest BCUT2D eigenvalue weighted by molar-refractivity contribution is 0.274. The number of nitrogens with two attached hydrogens (primary N) is 1. The van der Waals surface area contributed by atoms with Gasteiger partial charge in [-0.1, -0.05) is 65.7 Å². The highest BCUT2D eigenvalue weighted by atomic mass is 35.5. The molecule has 0 bridgehead atoms. The van der Waals surface area contributed by atoms with Gasteiger partial charge in [-0.2, -0.15) is 4.31 Å². The molecule has 0 spiro atoms. The van der Waals surface area contributed by atoms with E-state index < -0.39 is 10.0 Å². The van der Waals surface area contributed by atoms with Crippen LogP contribution in [0.5, 0.6) is 0 Å². The van der Waals surface area contributed by atoms with Crippen LogP contribution in [0, 0.1) is 6.92 Å². The van der Waals surface area contributed by atoms with Gasteiger partial charge >= 0.3 is 0 Å². The molecule has 0 amide bonds. The molecule has 2 heterocycles. The quantitative estimate of drug-likeness (QED) is 0.151. The molecule has 2 aliphatic rings. The zero-order valence-corrected chi connectivity index (χ0v) is 25.7. The normalized spacial score (nSPS) is 17.3. The lowest BCUT2D eigenvalue weighted by atomic mass is 9.84. The van der Waals surface area contributed by atoms with Crippen molar-refractivity contribution >= 4 is 38.3 Å². The fourth-order valence-corrected chi connectivity index (χ4v) is 8.13. The average Bonchev–Trinajstić information content (AvgIpc) is 3.79. The van der Waals surface area contributed by atoms with Crippen LogP contribution in [-0.2, 0) is 10.0 Å². The summed E-state index contributed by atoms with van der Waals surface area (Å²) in [6, 6.07) is 30.3. The molecular formula is C35H35ClN4O2S. The summed E-state index contributed by atoms with van der Waals surface area (Å²) in [6.07, 6.45) is 3.76. The van der Waals surface area contributed by atoms with Crippen LogP contribution in [0.4, 0.5) is 5.69 Å². The van der Waals surface area contributed by atoms with Crippen molar-refractivity contribution < 1.29 is 8.42 Å². The Hall–Kier alpha value is -3.65. The molecule has 1 saturated heterocycles. The maximum absolute atomic E-state index is 13.4. The number of piperidine rings is 1. The molecule has 5 aromatic rings. The van der Waals surface area contributed by atoms with Gasteiger partial charge in [-0.05, 0) is 91.8 Å². The zero-order chi connectivity index (χ0) is 29.7. The summed E-state index contributed by atoms with van der Waals surface area (Å²) >= 11 is 6.27. The van der Waals surface area contributed by atoms with Crippen molar-refractivity contribution in [2.45, 2.75) is 55.4 Å². The number of aromatic nitrogens is 2. The number of hydrogen-bond donors (Lipinski definition) is 1. The second kappa shape index (κ2) is 11.1. The summed E-state index contributed by atoms with van der Waals surface area (Å²) < 4.78 is 30.9. The third-order valence-corrected chi connectivity index (χ3v) is 11.1. The largest absolute Gasteiger partial charge is 0.399 e.